The summed E-state index contributed by atoms with van der Waals surface area (Å²) in [5.74, 6) is -0.488. The van der Waals surface area contributed by atoms with Crippen molar-refractivity contribution in [2.24, 2.45) is 5.73 Å². The van der Waals surface area contributed by atoms with Crippen molar-refractivity contribution < 1.29 is 14.7 Å². The molecule has 126 valence electrons. The zero-order chi connectivity index (χ0) is 17.5. The van der Waals surface area contributed by atoms with Crippen LogP contribution < -0.4 is 5.73 Å². The number of carbonyl (C=O) groups excluding carboxylic acids is 2. The number of ketones is 2. The first-order chi connectivity index (χ1) is 11.5. The Morgan fingerprint density at radius 1 is 1.00 bits per heavy atom. The van der Waals surface area contributed by atoms with E-state index >= 15 is 0 Å². The highest BCUT2D eigenvalue weighted by Gasteiger charge is 2.15. The molecule has 0 aliphatic carbocycles. The van der Waals surface area contributed by atoms with Gasteiger partial charge in [0, 0.05) is 12.0 Å². The van der Waals surface area contributed by atoms with Crippen molar-refractivity contribution in [3.05, 3.63) is 59.7 Å². The zero-order valence-electron chi connectivity index (χ0n) is 13.9. The van der Waals surface area contributed by atoms with E-state index < -0.39 is 18.4 Å². The van der Waals surface area contributed by atoms with Crippen LogP contribution in [-0.2, 0) is 11.2 Å². The molecule has 0 saturated carbocycles. The third-order valence-electron chi connectivity index (χ3n) is 4.15. The first kappa shape index (κ1) is 18.0. The van der Waals surface area contributed by atoms with Gasteiger partial charge in [0.05, 0.1) is 6.04 Å². The van der Waals surface area contributed by atoms with Crippen LogP contribution in [0.5, 0.6) is 0 Å². The van der Waals surface area contributed by atoms with Gasteiger partial charge in [-0.25, -0.2) is 0 Å². The Hall–Kier alpha value is -2.30. The van der Waals surface area contributed by atoms with Crippen molar-refractivity contribution in [2.45, 2.75) is 32.2 Å². The van der Waals surface area contributed by atoms with Crippen LogP contribution in [0.2, 0.25) is 0 Å². The first-order valence-corrected chi connectivity index (χ1v) is 8.17. The Balaban J connectivity index is 2.00. The van der Waals surface area contributed by atoms with Crippen molar-refractivity contribution >= 4 is 11.6 Å². The van der Waals surface area contributed by atoms with E-state index in [1.165, 1.54) is 5.56 Å². The molecule has 4 heteroatoms. The summed E-state index contributed by atoms with van der Waals surface area (Å²) in [6.45, 7) is 1.54. The number of carbonyl (C=O) groups is 2. The Kier molecular flexibility index (Phi) is 6.41. The lowest BCUT2D eigenvalue weighted by atomic mass is 9.98. The summed E-state index contributed by atoms with van der Waals surface area (Å²) in [6, 6.07) is 15.0. The molecular weight excluding hydrogens is 302 g/mol. The monoisotopic (exact) mass is 325 g/mol. The highest BCUT2D eigenvalue weighted by Crippen LogP contribution is 2.21. The Morgan fingerprint density at radius 2 is 1.54 bits per heavy atom. The molecule has 0 radical (unpaired) electrons. The van der Waals surface area contributed by atoms with Crippen molar-refractivity contribution in [1.82, 2.24) is 0 Å². The van der Waals surface area contributed by atoms with Gasteiger partial charge in [-0.15, -0.1) is 0 Å². The second-order valence-electron chi connectivity index (χ2n) is 5.82. The predicted octanol–water partition coefficient (Wildman–Crippen LogP) is 2.77. The number of rotatable bonds is 8. The van der Waals surface area contributed by atoms with Crippen molar-refractivity contribution in [1.29, 1.82) is 0 Å². The zero-order valence-corrected chi connectivity index (χ0v) is 13.9. The maximum atomic E-state index is 12.2. The number of aryl methyl sites for hydroxylation is 1. The van der Waals surface area contributed by atoms with E-state index in [4.69, 9.17) is 10.8 Å². The lowest BCUT2D eigenvalue weighted by Gasteiger charge is -2.08. The maximum absolute atomic E-state index is 12.2. The van der Waals surface area contributed by atoms with Gasteiger partial charge in [0.15, 0.2) is 11.6 Å². The number of hydrogen-bond donors (Lipinski definition) is 2. The average Bonchev–Trinajstić information content (AvgIpc) is 2.65. The summed E-state index contributed by atoms with van der Waals surface area (Å²) >= 11 is 0. The molecule has 0 aliphatic rings. The number of hydrogen-bond acceptors (Lipinski definition) is 4. The minimum Gasteiger partial charge on any atom is -0.389 e. The third-order valence-corrected chi connectivity index (χ3v) is 4.15. The number of nitrogens with two attached hydrogens (primary N) is 1. The largest absolute Gasteiger partial charge is 0.389 e. The molecule has 3 N–H and O–H groups in total. The number of aliphatic hydroxyl groups excluding tert-OH is 1. The van der Waals surface area contributed by atoms with Gasteiger partial charge < -0.3 is 10.8 Å². The summed E-state index contributed by atoms with van der Waals surface area (Å²) < 4.78 is 0. The quantitative estimate of drug-likeness (QED) is 0.731. The molecule has 0 bridgehead atoms. The van der Waals surface area contributed by atoms with Gasteiger partial charge in [-0.3, -0.25) is 9.59 Å². The molecule has 2 rings (SSSR count). The maximum Gasteiger partial charge on any atom is 0.174 e. The van der Waals surface area contributed by atoms with Crippen LogP contribution in [0.4, 0.5) is 0 Å². The van der Waals surface area contributed by atoms with E-state index in [-0.39, 0.29) is 18.6 Å². The Labute approximate surface area is 142 Å². The van der Waals surface area contributed by atoms with E-state index in [0.717, 1.165) is 17.5 Å². The minimum absolute atomic E-state index is 0.0518. The standard InChI is InChI=1S/C20H23NO3/c1-2-14-3-5-15(6-4-14)16-7-9-17(10-8-16)19(23)12-11-18(21)20(24)13-22/h3-10,18,22H,2,11-13,21H2,1H3/t18-/m0/s1. The minimum atomic E-state index is -0.782. The fraction of sp³-hybridized carbons (Fsp3) is 0.300. The van der Waals surface area contributed by atoms with E-state index in [2.05, 4.69) is 31.2 Å². The molecule has 0 heterocycles. The molecule has 0 spiro atoms. The summed E-state index contributed by atoms with van der Waals surface area (Å²) in [5, 5.41) is 8.74. The number of Topliss-reactive ketones (excluding diaryl/α,β-unsaturated/α-hetero) is 2. The van der Waals surface area contributed by atoms with Gasteiger partial charge in [-0.05, 0) is 29.5 Å². The van der Waals surface area contributed by atoms with Gasteiger partial charge in [0.25, 0.3) is 0 Å². The molecule has 2 aromatic rings. The van der Waals surface area contributed by atoms with Gasteiger partial charge in [-0.2, -0.15) is 0 Å². The van der Waals surface area contributed by atoms with Crippen LogP contribution in [0, 0.1) is 0 Å². The lowest BCUT2D eigenvalue weighted by Crippen LogP contribution is -2.33. The van der Waals surface area contributed by atoms with Gasteiger partial charge in [-0.1, -0.05) is 55.5 Å². The van der Waals surface area contributed by atoms with E-state index in [1.807, 2.05) is 12.1 Å². The number of aliphatic hydroxyl groups is 1. The van der Waals surface area contributed by atoms with Crippen molar-refractivity contribution in [3.8, 4) is 11.1 Å². The fourth-order valence-electron chi connectivity index (χ4n) is 2.49. The van der Waals surface area contributed by atoms with Gasteiger partial charge in [0.1, 0.15) is 6.61 Å². The van der Waals surface area contributed by atoms with Crippen LogP contribution in [-0.4, -0.2) is 29.3 Å². The molecule has 0 aromatic heterocycles. The Bertz CT molecular complexity index is 690. The van der Waals surface area contributed by atoms with Crippen molar-refractivity contribution in [3.63, 3.8) is 0 Å². The van der Waals surface area contributed by atoms with E-state index in [1.54, 1.807) is 12.1 Å². The molecule has 24 heavy (non-hydrogen) atoms. The van der Waals surface area contributed by atoms with Gasteiger partial charge in [0.2, 0.25) is 0 Å². The SMILES string of the molecule is CCc1ccc(-c2ccc(C(=O)CC[C@H](N)C(=O)CO)cc2)cc1. The first-order valence-electron chi connectivity index (χ1n) is 8.17. The smallest absolute Gasteiger partial charge is 0.174 e. The fourth-order valence-corrected chi connectivity index (χ4v) is 2.49. The van der Waals surface area contributed by atoms with E-state index in [0.29, 0.717) is 5.56 Å². The average molecular weight is 325 g/mol. The predicted molar refractivity (Wildman–Crippen MR) is 94.9 cm³/mol. The molecular formula is C20H23NO3. The molecule has 0 saturated heterocycles. The van der Waals surface area contributed by atoms with Crippen LogP contribution in [0.1, 0.15) is 35.7 Å². The molecule has 0 unspecified atom stereocenters. The Morgan fingerprint density at radius 3 is 2.04 bits per heavy atom. The molecule has 0 aliphatic heterocycles. The molecule has 0 amide bonds. The molecule has 2 aromatic carbocycles. The van der Waals surface area contributed by atoms with Gasteiger partial charge >= 0.3 is 0 Å². The highest BCUT2D eigenvalue weighted by molar-refractivity contribution is 5.97. The highest BCUT2D eigenvalue weighted by atomic mass is 16.3. The van der Waals surface area contributed by atoms with Crippen LogP contribution >= 0.6 is 0 Å². The second-order valence-corrected chi connectivity index (χ2v) is 5.82. The molecule has 0 fully saturated rings. The molecule has 4 nitrogen and oxygen atoms in total. The lowest BCUT2D eigenvalue weighted by molar-refractivity contribution is -0.123. The molecule has 1 atom stereocenters. The summed E-state index contributed by atoms with van der Waals surface area (Å²) in [5.41, 5.74) is 9.68. The third kappa shape index (κ3) is 4.60. The van der Waals surface area contributed by atoms with Crippen LogP contribution in [0.3, 0.4) is 0 Å². The second kappa shape index (κ2) is 8.52. The summed E-state index contributed by atoms with van der Waals surface area (Å²) in [7, 11) is 0. The normalized spacial score (nSPS) is 12.0. The van der Waals surface area contributed by atoms with Crippen LogP contribution in [0.25, 0.3) is 11.1 Å². The van der Waals surface area contributed by atoms with Crippen molar-refractivity contribution in [2.75, 3.05) is 6.61 Å². The van der Waals surface area contributed by atoms with E-state index in [9.17, 15) is 9.59 Å². The summed E-state index contributed by atoms with van der Waals surface area (Å²) in [6.07, 6.45) is 1.45. The van der Waals surface area contributed by atoms with Crippen LogP contribution in [0.15, 0.2) is 48.5 Å². The summed E-state index contributed by atoms with van der Waals surface area (Å²) in [4.78, 5) is 23.4. The topological polar surface area (TPSA) is 80.4 Å². The number of benzene rings is 2.